The molecule has 2 rings (SSSR count). The highest BCUT2D eigenvalue weighted by molar-refractivity contribution is 7.80. The summed E-state index contributed by atoms with van der Waals surface area (Å²) < 4.78 is 5.69. The molecule has 1 aromatic carbocycles. The van der Waals surface area contributed by atoms with Gasteiger partial charge in [0.25, 0.3) is 0 Å². The maximum atomic E-state index is 5.69. The van der Waals surface area contributed by atoms with Crippen molar-refractivity contribution in [3.05, 3.63) is 23.3 Å². The quantitative estimate of drug-likeness (QED) is 0.643. The Bertz CT molecular complexity index is 369. The fourth-order valence-corrected chi connectivity index (χ4v) is 2.44. The number of hydrogen-bond donors (Lipinski definition) is 1. The molecule has 0 saturated carbocycles. The molecule has 0 unspecified atom stereocenters. The molecule has 76 valence electrons. The molecule has 0 amide bonds. The van der Waals surface area contributed by atoms with Gasteiger partial charge in [0.1, 0.15) is 5.75 Å². The van der Waals surface area contributed by atoms with Crippen molar-refractivity contribution in [2.24, 2.45) is 0 Å². The van der Waals surface area contributed by atoms with Crippen LogP contribution in [0.2, 0.25) is 0 Å². The third kappa shape index (κ3) is 1.42. The first-order valence-corrected chi connectivity index (χ1v) is 5.43. The highest BCUT2D eigenvalue weighted by atomic mass is 32.1. The highest BCUT2D eigenvalue weighted by Gasteiger charge is 2.31. The summed E-state index contributed by atoms with van der Waals surface area (Å²) in [5.41, 5.74) is 2.86. The summed E-state index contributed by atoms with van der Waals surface area (Å²) >= 11 is 4.44. The molecular weight excluding hydrogens is 192 g/mol. The van der Waals surface area contributed by atoms with Crippen LogP contribution in [0.25, 0.3) is 0 Å². The van der Waals surface area contributed by atoms with Crippen LogP contribution < -0.4 is 4.74 Å². The van der Waals surface area contributed by atoms with Crippen molar-refractivity contribution in [1.29, 1.82) is 0 Å². The lowest BCUT2D eigenvalue weighted by Crippen LogP contribution is -2.27. The Morgan fingerprint density at radius 2 is 2.07 bits per heavy atom. The third-order valence-corrected chi connectivity index (χ3v) is 3.35. The van der Waals surface area contributed by atoms with Gasteiger partial charge < -0.3 is 4.74 Å². The van der Waals surface area contributed by atoms with Gasteiger partial charge in [-0.1, -0.05) is 19.9 Å². The maximum absolute atomic E-state index is 5.69. The third-order valence-electron chi connectivity index (χ3n) is 3.00. The number of thiol groups is 1. The van der Waals surface area contributed by atoms with Crippen LogP contribution in [0.4, 0.5) is 0 Å². The Labute approximate surface area is 90.9 Å². The van der Waals surface area contributed by atoms with Gasteiger partial charge in [0.05, 0.1) is 6.61 Å². The van der Waals surface area contributed by atoms with Crippen LogP contribution in [0.1, 0.15) is 31.4 Å². The second-order valence-corrected chi connectivity index (χ2v) is 5.07. The summed E-state index contributed by atoms with van der Waals surface area (Å²) in [5, 5.41) is 0. The molecule has 2 heteroatoms. The molecule has 0 atom stereocenters. The minimum Gasteiger partial charge on any atom is -0.492 e. The molecule has 0 bridgehead atoms. The van der Waals surface area contributed by atoms with Crippen molar-refractivity contribution in [2.75, 3.05) is 6.61 Å². The van der Waals surface area contributed by atoms with Crippen LogP contribution in [-0.2, 0) is 5.41 Å². The summed E-state index contributed by atoms with van der Waals surface area (Å²) in [6.07, 6.45) is 1.08. The summed E-state index contributed by atoms with van der Waals surface area (Å²) in [6, 6.07) is 4.14. The molecule has 0 radical (unpaired) electrons. The zero-order valence-electron chi connectivity index (χ0n) is 8.92. The number of ether oxygens (including phenoxy) is 1. The SMILES string of the molecule is Cc1ccc(S)c2c1C(C)(C)CCO2. The maximum Gasteiger partial charge on any atom is 0.136 e. The van der Waals surface area contributed by atoms with Gasteiger partial charge in [-0.2, -0.15) is 0 Å². The molecule has 0 fully saturated rings. The zero-order chi connectivity index (χ0) is 10.3. The fourth-order valence-electron chi connectivity index (χ4n) is 2.19. The van der Waals surface area contributed by atoms with Gasteiger partial charge in [0, 0.05) is 10.5 Å². The van der Waals surface area contributed by atoms with Crippen molar-refractivity contribution < 1.29 is 4.74 Å². The smallest absolute Gasteiger partial charge is 0.136 e. The van der Waals surface area contributed by atoms with Crippen LogP contribution in [0.15, 0.2) is 17.0 Å². The predicted octanol–water partition coefficient (Wildman–Crippen LogP) is 3.34. The number of aryl methyl sites for hydroxylation is 1. The van der Waals surface area contributed by atoms with Gasteiger partial charge in [-0.25, -0.2) is 0 Å². The van der Waals surface area contributed by atoms with Crippen molar-refractivity contribution >= 4 is 12.6 Å². The Hall–Kier alpha value is -0.630. The Kier molecular flexibility index (Phi) is 2.26. The van der Waals surface area contributed by atoms with Crippen LogP contribution in [0.5, 0.6) is 5.75 Å². The predicted molar refractivity (Wildman–Crippen MR) is 61.6 cm³/mol. The van der Waals surface area contributed by atoms with Crippen molar-refractivity contribution in [2.45, 2.75) is 37.5 Å². The largest absolute Gasteiger partial charge is 0.492 e. The van der Waals surface area contributed by atoms with Gasteiger partial charge in [0.15, 0.2) is 0 Å². The summed E-state index contributed by atoms with van der Waals surface area (Å²) in [5.74, 6) is 0.990. The first-order valence-electron chi connectivity index (χ1n) is 4.98. The van der Waals surface area contributed by atoms with E-state index in [1.165, 1.54) is 11.1 Å². The highest BCUT2D eigenvalue weighted by Crippen LogP contribution is 2.43. The van der Waals surface area contributed by atoms with Crippen LogP contribution in [-0.4, -0.2) is 6.61 Å². The van der Waals surface area contributed by atoms with Crippen LogP contribution in [0.3, 0.4) is 0 Å². The lowest BCUT2D eigenvalue weighted by molar-refractivity contribution is 0.227. The lowest BCUT2D eigenvalue weighted by Gasteiger charge is -2.34. The van der Waals surface area contributed by atoms with E-state index in [9.17, 15) is 0 Å². The molecule has 1 aliphatic heterocycles. The molecule has 0 spiro atoms. The molecule has 1 aromatic rings. The number of fused-ring (bicyclic) bond motifs is 1. The number of benzene rings is 1. The van der Waals surface area contributed by atoms with Gasteiger partial charge in [-0.3, -0.25) is 0 Å². The van der Waals surface area contributed by atoms with E-state index < -0.39 is 0 Å². The van der Waals surface area contributed by atoms with E-state index in [0.717, 1.165) is 23.7 Å². The zero-order valence-corrected chi connectivity index (χ0v) is 9.82. The summed E-state index contributed by atoms with van der Waals surface area (Å²) in [7, 11) is 0. The van der Waals surface area contributed by atoms with E-state index in [4.69, 9.17) is 4.74 Å². The minimum absolute atomic E-state index is 0.219. The minimum atomic E-state index is 0.219. The lowest BCUT2D eigenvalue weighted by atomic mass is 9.77. The Morgan fingerprint density at radius 1 is 1.36 bits per heavy atom. The van der Waals surface area contributed by atoms with E-state index in [1.54, 1.807) is 0 Å². The Morgan fingerprint density at radius 3 is 2.71 bits per heavy atom. The first kappa shape index (κ1) is 9.91. The molecule has 1 heterocycles. The molecular formula is C12H16OS. The normalized spacial score (nSPS) is 18.6. The molecule has 1 nitrogen and oxygen atoms in total. The standard InChI is InChI=1S/C12H16OS/c1-8-4-5-9(14)11-10(8)12(2,3)6-7-13-11/h4-5,14H,6-7H2,1-3H3. The van der Waals surface area contributed by atoms with Crippen LogP contribution in [0, 0.1) is 6.92 Å². The summed E-state index contributed by atoms with van der Waals surface area (Å²) in [6.45, 7) is 7.49. The van der Waals surface area contributed by atoms with Crippen molar-refractivity contribution in [3.8, 4) is 5.75 Å². The van der Waals surface area contributed by atoms with Gasteiger partial charge in [-0.05, 0) is 30.4 Å². The summed E-state index contributed by atoms with van der Waals surface area (Å²) in [4.78, 5) is 0.957. The van der Waals surface area contributed by atoms with Crippen molar-refractivity contribution in [3.63, 3.8) is 0 Å². The van der Waals surface area contributed by atoms with Gasteiger partial charge in [0.2, 0.25) is 0 Å². The first-order chi connectivity index (χ1) is 6.52. The number of rotatable bonds is 0. The second kappa shape index (κ2) is 3.20. The van der Waals surface area contributed by atoms with E-state index in [-0.39, 0.29) is 5.41 Å². The average molecular weight is 208 g/mol. The van der Waals surface area contributed by atoms with E-state index in [1.807, 2.05) is 6.07 Å². The van der Waals surface area contributed by atoms with Gasteiger partial charge in [-0.15, -0.1) is 12.6 Å². The Balaban J connectivity index is 2.67. The van der Waals surface area contributed by atoms with E-state index in [2.05, 4.69) is 39.5 Å². The second-order valence-electron chi connectivity index (χ2n) is 4.59. The average Bonchev–Trinajstić information content (AvgIpc) is 2.10. The molecule has 0 saturated heterocycles. The molecule has 1 aliphatic rings. The van der Waals surface area contributed by atoms with E-state index in [0.29, 0.717) is 0 Å². The van der Waals surface area contributed by atoms with Crippen LogP contribution >= 0.6 is 12.6 Å². The molecule has 0 aliphatic carbocycles. The molecule has 14 heavy (non-hydrogen) atoms. The van der Waals surface area contributed by atoms with E-state index >= 15 is 0 Å². The topological polar surface area (TPSA) is 9.23 Å². The number of hydrogen-bond acceptors (Lipinski definition) is 2. The van der Waals surface area contributed by atoms with Gasteiger partial charge >= 0.3 is 0 Å². The molecule has 0 aromatic heterocycles. The van der Waals surface area contributed by atoms with Crippen molar-refractivity contribution in [1.82, 2.24) is 0 Å². The monoisotopic (exact) mass is 208 g/mol. The molecule has 0 N–H and O–H groups in total. The fraction of sp³-hybridized carbons (Fsp3) is 0.500.